The topological polar surface area (TPSA) is 38.7 Å². The predicted molar refractivity (Wildman–Crippen MR) is 99.4 cm³/mol. The van der Waals surface area contributed by atoms with Gasteiger partial charge in [-0.3, -0.25) is 0 Å². The van der Waals surface area contributed by atoms with Gasteiger partial charge < -0.3 is 14.4 Å². The molecule has 1 heterocycles. The number of hydrogen-bond acceptors (Lipinski definition) is 3. The van der Waals surface area contributed by atoms with E-state index in [1.54, 1.807) is 6.92 Å². The molecule has 2 rings (SSSR count). The molecule has 0 atom stereocenters. The Labute approximate surface area is 150 Å². The van der Waals surface area contributed by atoms with Gasteiger partial charge in [0.25, 0.3) is 0 Å². The van der Waals surface area contributed by atoms with Crippen LogP contribution in [0.3, 0.4) is 0 Å². The summed E-state index contributed by atoms with van der Waals surface area (Å²) in [7, 11) is -0.983. The summed E-state index contributed by atoms with van der Waals surface area (Å²) in [6.45, 7) is 9.48. The molecule has 0 aromatic heterocycles. The molecule has 1 aliphatic heterocycles. The van der Waals surface area contributed by atoms with Crippen molar-refractivity contribution in [1.29, 1.82) is 0 Å². The van der Waals surface area contributed by atoms with Gasteiger partial charge >= 0.3 is 7.12 Å². The number of aliphatic hydroxyl groups excluding tert-OH is 1. The van der Waals surface area contributed by atoms with E-state index in [0.29, 0.717) is 18.4 Å². The molecule has 0 unspecified atom stereocenters. The lowest BCUT2D eigenvalue weighted by Crippen LogP contribution is -2.41. The van der Waals surface area contributed by atoms with Gasteiger partial charge in [-0.1, -0.05) is 24.0 Å². The van der Waals surface area contributed by atoms with Crippen molar-refractivity contribution in [2.45, 2.75) is 58.7 Å². The second kappa shape index (κ2) is 7.74. The second-order valence-electron chi connectivity index (χ2n) is 7.27. The molecule has 1 aromatic carbocycles. The minimum Gasteiger partial charge on any atom is -0.398 e. The SMILES string of the molecule is CC(=C(F)B1OC(C)(C)C(C)(C)O1)c1ccc(C#CCCCO)cc1. The molecule has 0 bridgehead atoms. The maximum absolute atomic E-state index is 14.8. The van der Waals surface area contributed by atoms with Crippen LogP contribution in [0.4, 0.5) is 4.39 Å². The Balaban J connectivity index is 2.15. The van der Waals surface area contributed by atoms with Gasteiger partial charge in [-0.25, -0.2) is 4.39 Å². The highest BCUT2D eigenvalue weighted by atomic mass is 19.1. The fourth-order valence-electron chi connectivity index (χ4n) is 2.40. The third-order valence-electron chi connectivity index (χ3n) is 4.83. The van der Waals surface area contributed by atoms with Crippen LogP contribution in [-0.4, -0.2) is 30.0 Å². The third-order valence-corrected chi connectivity index (χ3v) is 4.83. The molecule has 1 fully saturated rings. The average molecular weight is 344 g/mol. The van der Waals surface area contributed by atoms with Crippen LogP contribution in [0.25, 0.3) is 5.57 Å². The third kappa shape index (κ3) is 4.52. The molecule has 1 saturated heterocycles. The lowest BCUT2D eigenvalue weighted by molar-refractivity contribution is 0.00578. The van der Waals surface area contributed by atoms with Crippen LogP contribution in [-0.2, 0) is 9.31 Å². The van der Waals surface area contributed by atoms with E-state index in [-0.39, 0.29) is 6.61 Å². The van der Waals surface area contributed by atoms with Gasteiger partial charge in [0.2, 0.25) is 0 Å². The van der Waals surface area contributed by atoms with Crippen LogP contribution in [0, 0.1) is 11.8 Å². The Morgan fingerprint density at radius 3 is 2.20 bits per heavy atom. The summed E-state index contributed by atoms with van der Waals surface area (Å²) in [5.74, 6) is 6.03. The van der Waals surface area contributed by atoms with Crippen LogP contribution in [0.2, 0.25) is 0 Å². The van der Waals surface area contributed by atoms with Crippen LogP contribution >= 0.6 is 0 Å². The van der Waals surface area contributed by atoms with E-state index in [2.05, 4.69) is 11.8 Å². The highest BCUT2D eigenvalue weighted by Crippen LogP contribution is 2.40. The van der Waals surface area contributed by atoms with Crippen molar-refractivity contribution in [3.63, 3.8) is 0 Å². The molecular weight excluding hydrogens is 318 g/mol. The maximum atomic E-state index is 14.8. The lowest BCUT2D eigenvalue weighted by Gasteiger charge is -2.32. The molecule has 1 aliphatic rings. The first-order valence-corrected chi connectivity index (χ1v) is 8.60. The highest BCUT2D eigenvalue weighted by Gasteiger charge is 2.53. The molecule has 0 amide bonds. The van der Waals surface area contributed by atoms with Crippen LogP contribution < -0.4 is 0 Å². The van der Waals surface area contributed by atoms with Crippen molar-refractivity contribution >= 4 is 12.7 Å². The summed E-state index contributed by atoms with van der Waals surface area (Å²) in [5.41, 5.74) is 0.601. The molecule has 134 valence electrons. The number of rotatable bonds is 4. The Kier molecular flexibility index (Phi) is 6.10. The van der Waals surface area contributed by atoms with Crippen molar-refractivity contribution in [3.8, 4) is 11.8 Å². The zero-order valence-electron chi connectivity index (χ0n) is 15.6. The monoisotopic (exact) mass is 344 g/mol. The van der Waals surface area contributed by atoms with E-state index in [0.717, 1.165) is 11.1 Å². The fraction of sp³-hybridized carbons (Fsp3) is 0.500. The minimum absolute atomic E-state index is 0.149. The first-order chi connectivity index (χ1) is 11.7. The van der Waals surface area contributed by atoms with Gasteiger partial charge in [0.1, 0.15) is 5.73 Å². The largest absolute Gasteiger partial charge is 0.525 e. The number of benzene rings is 1. The second-order valence-corrected chi connectivity index (χ2v) is 7.27. The summed E-state index contributed by atoms with van der Waals surface area (Å²) in [6.07, 6.45) is 1.33. The van der Waals surface area contributed by atoms with Gasteiger partial charge in [-0.2, -0.15) is 0 Å². The van der Waals surface area contributed by atoms with E-state index in [9.17, 15) is 4.39 Å². The first kappa shape index (κ1) is 19.7. The zero-order chi connectivity index (χ0) is 18.7. The normalized spacial score (nSPS) is 19.2. The fourth-order valence-corrected chi connectivity index (χ4v) is 2.40. The number of halogens is 1. The molecular formula is C20H26BFO3. The number of allylic oxidation sites excluding steroid dienone is 1. The number of aliphatic hydroxyl groups is 1. The van der Waals surface area contributed by atoms with E-state index < -0.39 is 24.0 Å². The molecule has 0 radical (unpaired) electrons. The predicted octanol–water partition coefficient (Wildman–Crippen LogP) is 4.14. The van der Waals surface area contributed by atoms with Crippen molar-refractivity contribution in [2.24, 2.45) is 0 Å². The molecule has 5 heteroatoms. The van der Waals surface area contributed by atoms with Gasteiger partial charge in [0.05, 0.1) is 11.2 Å². The zero-order valence-corrected chi connectivity index (χ0v) is 15.6. The van der Waals surface area contributed by atoms with Crippen LogP contribution in [0.5, 0.6) is 0 Å². The Bertz CT molecular complexity index is 680. The van der Waals surface area contributed by atoms with Crippen molar-refractivity contribution in [3.05, 3.63) is 41.1 Å². The summed E-state index contributed by atoms with van der Waals surface area (Å²) >= 11 is 0. The van der Waals surface area contributed by atoms with E-state index in [1.165, 1.54) is 0 Å². The van der Waals surface area contributed by atoms with Crippen molar-refractivity contribution in [2.75, 3.05) is 6.61 Å². The minimum atomic E-state index is -0.983. The van der Waals surface area contributed by atoms with Crippen LogP contribution in [0.15, 0.2) is 30.0 Å². The Morgan fingerprint density at radius 2 is 1.68 bits per heavy atom. The summed E-state index contributed by atoms with van der Waals surface area (Å²) in [4.78, 5) is 0. The van der Waals surface area contributed by atoms with Gasteiger partial charge in [-0.05, 0) is 64.3 Å². The number of hydrogen-bond donors (Lipinski definition) is 1. The molecule has 1 N–H and O–H groups in total. The maximum Gasteiger partial charge on any atom is 0.525 e. The van der Waals surface area contributed by atoms with Crippen molar-refractivity contribution in [1.82, 2.24) is 0 Å². The molecule has 0 saturated carbocycles. The molecule has 25 heavy (non-hydrogen) atoms. The summed E-state index contributed by atoms with van der Waals surface area (Å²) in [5, 5.41) is 8.74. The Morgan fingerprint density at radius 1 is 1.12 bits per heavy atom. The Hall–Kier alpha value is -1.61. The van der Waals surface area contributed by atoms with Crippen LogP contribution in [0.1, 0.15) is 58.6 Å². The highest BCUT2D eigenvalue weighted by molar-refractivity contribution is 6.55. The van der Waals surface area contributed by atoms with Gasteiger partial charge in [-0.15, -0.1) is 0 Å². The summed E-state index contributed by atoms with van der Waals surface area (Å²) in [6, 6.07) is 7.41. The van der Waals surface area contributed by atoms with Gasteiger partial charge in [0.15, 0.2) is 0 Å². The van der Waals surface area contributed by atoms with Crippen molar-refractivity contribution < 1.29 is 18.8 Å². The molecule has 0 spiro atoms. The van der Waals surface area contributed by atoms with E-state index in [4.69, 9.17) is 14.4 Å². The molecule has 0 aliphatic carbocycles. The summed E-state index contributed by atoms with van der Waals surface area (Å²) < 4.78 is 26.4. The quantitative estimate of drug-likeness (QED) is 0.507. The standard InChI is InChI=1S/C20H26BFO3/c1-15(18(22)21-24-19(2,3)20(4,5)25-21)17-12-10-16(11-13-17)9-7-6-8-14-23/h10-13,23H,6,8,14H2,1-5H3. The first-order valence-electron chi connectivity index (χ1n) is 8.60. The molecule has 3 nitrogen and oxygen atoms in total. The molecule has 1 aromatic rings. The van der Waals surface area contributed by atoms with E-state index in [1.807, 2.05) is 52.0 Å². The lowest BCUT2D eigenvalue weighted by atomic mass is 9.83. The van der Waals surface area contributed by atoms with E-state index >= 15 is 0 Å². The van der Waals surface area contributed by atoms with Gasteiger partial charge in [0, 0.05) is 18.6 Å². The number of unbranched alkanes of at least 4 members (excludes halogenated alkanes) is 1. The smallest absolute Gasteiger partial charge is 0.398 e. The average Bonchev–Trinajstić information content (AvgIpc) is 2.79.